The lowest BCUT2D eigenvalue weighted by Crippen LogP contribution is -2.44. The first-order valence-corrected chi connectivity index (χ1v) is 8.65. The smallest absolute Gasteiger partial charge is 0.272 e. The summed E-state index contributed by atoms with van der Waals surface area (Å²) in [6.45, 7) is 3.10. The number of nitrogens with zero attached hydrogens (tertiary/aromatic N) is 3. The fourth-order valence-corrected chi connectivity index (χ4v) is 3.65. The number of rotatable bonds is 3. The highest BCUT2D eigenvalue weighted by Crippen LogP contribution is 2.32. The van der Waals surface area contributed by atoms with Gasteiger partial charge in [0.2, 0.25) is 0 Å². The minimum atomic E-state index is -0.191. The first-order chi connectivity index (χ1) is 12.2. The van der Waals surface area contributed by atoms with Gasteiger partial charge in [0.25, 0.3) is 5.91 Å². The highest BCUT2D eigenvalue weighted by Gasteiger charge is 2.47. The van der Waals surface area contributed by atoms with Gasteiger partial charge in [-0.2, -0.15) is 0 Å². The third kappa shape index (κ3) is 3.22. The zero-order valence-electron chi connectivity index (χ0n) is 14.2. The van der Waals surface area contributed by atoms with E-state index in [2.05, 4.69) is 9.97 Å². The summed E-state index contributed by atoms with van der Waals surface area (Å²) < 4.78 is 12.1. The molecule has 2 aliphatic heterocycles. The summed E-state index contributed by atoms with van der Waals surface area (Å²) in [7, 11) is 0. The van der Waals surface area contributed by atoms with Crippen LogP contribution in [-0.2, 0) is 4.74 Å². The van der Waals surface area contributed by atoms with Crippen molar-refractivity contribution in [2.45, 2.75) is 38.0 Å². The van der Waals surface area contributed by atoms with Crippen LogP contribution in [0.5, 0.6) is 5.75 Å². The van der Waals surface area contributed by atoms with Crippen LogP contribution in [0.15, 0.2) is 42.7 Å². The van der Waals surface area contributed by atoms with Crippen molar-refractivity contribution >= 4 is 5.91 Å². The predicted octanol–water partition coefficient (Wildman–Crippen LogP) is 2.24. The molecule has 0 aromatic carbocycles. The van der Waals surface area contributed by atoms with E-state index in [-0.39, 0.29) is 24.2 Å². The molecule has 0 bridgehead atoms. The third-order valence-corrected chi connectivity index (χ3v) is 4.77. The second-order valence-electron chi connectivity index (χ2n) is 6.51. The van der Waals surface area contributed by atoms with E-state index in [0.29, 0.717) is 24.6 Å². The maximum absolute atomic E-state index is 13.0. The van der Waals surface area contributed by atoms with Gasteiger partial charge in [-0.1, -0.05) is 6.07 Å². The summed E-state index contributed by atoms with van der Waals surface area (Å²) in [5, 5.41) is 0. The lowest BCUT2D eigenvalue weighted by molar-refractivity contribution is -0.0447. The van der Waals surface area contributed by atoms with Crippen LogP contribution in [0.25, 0.3) is 0 Å². The molecule has 4 heterocycles. The molecule has 2 fully saturated rings. The molecule has 0 aliphatic carbocycles. The molecule has 130 valence electrons. The molecule has 2 aliphatic rings. The molecule has 0 N–H and O–H groups in total. The zero-order chi connectivity index (χ0) is 17.2. The fourth-order valence-electron chi connectivity index (χ4n) is 3.65. The van der Waals surface area contributed by atoms with Gasteiger partial charge >= 0.3 is 0 Å². The van der Waals surface area contributed by atoms with Crippen LogP contribution in [0.1, 0.15) is 29.0 Å². The molecular weight excluding hydrogens is 318 g/mol. The quantitative estimate of drug-likeness (QED) is 0.858. The van der Waals surface area contributed by atoms with Gasteiger partial charge in [0, 0.05) is 18.5 Å². The molecule has 2 aromatic rings. The highest BCUT2D eigenvalue weighted by molar-refractivity contribution is 5.93. The van der Waals surface area contributed by atoms with Crippen LogP contribution in [0.3, 0.4) is 0 Å². The van der Waals surface area contributed by atoms with Crippen LogP contribution >= 0.6 is 0 Å². The van der Waals surface area contributed by atoms with E-state index in [0.717, 1.165) is 18.5 Å². The molecule has 25 heavy (non-hydrogen) atoms. The second kappa shape index (κ2) is 6.80. The Morgan fingerprint density at radius 2 is 2.24 bits per heavy atom. The molecular formula is C19H21N3O3. The number of fused-ring (bicyclic) bond motifs is 1. The van der Waals surface area contributed by atoms with Crippen LogP contribution in [0.4, 0.5) is 0 Å². The Hall–Kier alpha value is -2.47. The average molecular weight is 339 g/mol. The van der Waals surface area contributed by atoms with E-state index in [4.69, 9.17) is 9.47 Å². The molecule has 0 spiro atoms. The molecule has 3 atom stereocenters. The van der Waals surface area contributed by atoms with E-state index >= 15 is 0 Å². The van der Waals surface area contributed by atoms with E-state index < -0.39 is 0 Å². The van der Waals surface area contributed by atoms with Gasteiger partial charge in [0.15, 0.2) is 0 Å². The first kappa shape index (κ1) is 16.0. The van der Waals surface area contributed by atoms with E-state index in [9.17, 15) is 4.79 Å². The number of hydrogen-bond donors (Lipinski definition) is 0. The van der Waals surface area contributed by atoms with Crippen molar-refractivity contribution in [2.75, 3.05) is 13.2 Å². The second-order valence-corrected chi connectivity index (χ2v) is 6.51. The number of pyridine rings is 2. The number of carbonyl (C=O) groups is 1. The van der Waals surface area contributed by atoms with E-state index in [1.54, 1.807) is 18.5 Å². The summed E-state index contributed by atoms with van der Waals surface area (Å²) in [4.78, 5) is 23.3. The van der Waals surface area contributed by atoms with Gasteiger partial charge < -0.3 is 14.4 Å². The molecule has 0 unspecified atom stereocenters. The summed E-state index contributed by atoms with van der Waals surface area (Å²) >= 11 is 0. The molecule has 2 saturated heterocycles. The summed E-state index contributed by atoms with van der Waals surface area (Å²) in [5.74, 6) is 0.643. The Balaban J connectivity index is 1.57. The van der Waals surface area contributed by atoms with Crippen LogP contribution in [0.2, 0.25) is 0 Å². The lowest BCUT2D eigenvalue weighted by Gasteiger charge is -2.31. The van der Waals surface area contributed by atoms with Crippen molar-refractivity contribution in [2.24, 2.45) is 0 Å². The Morgan fingerprint density at radius 3 is 3.04 bits per heavy atom. The number of ether oxygens (including phenoxy) is 2. The Bertz CT molecular complexity index is 753. The molecule has 4 rings (SSSR count). The lowest BCUT2D eigenvalue weighted by atomic mass is 10.0. The SMILES string of the molecule is Cc1cccc(C(=O)N2C[C@@H](Oc3cccnc3)[C@H]3OCCC[C@H]32)n1. The number of aromatic nitrogens is 2. The summed E-state index contributed by atoms with van der Waals surface area (Å²) in [6, 6.07) is 9.26. The van der Waals surface area contributed by atoms with Crippen molar-refractivity contribution in [3.8, 4) is 5.75 Å². The largest absolute Gasteiger partial charge is 0.484 e. The van der Waals surface area contributed by atoms with Crippen LogP contribution < -0.4 is 4.74 Å². The number of likely N-dealkylation sites (tertiary alicyclic amines) is 1. The standard InChI is InChI=1S/C19H21N3O3/c1-13-5-2-7-15(21-13)19(23)22-12-17(18-16(22)8-4-10-24-18)25-14-6-3-9-20-11-14/h2-3,5-7,9,11,16-18H,4,8,10,12H2,1H3/t16-,17-,18+/m1/s1. The summed E-state index contributed by atoms with van der Waals surface area (Å²) in [5.41, 5.74) is 1.32. The topological polar surface area (TPSA) is 64.6 Å². The molecule has 6 heteroatoms. The van der Waals surface area contributed by atoms with Crippen molar-refractivity contribution in [3.05, 3.63) is 54.1 Å². The van der Waals surface area contributed by atoms with E-state index in [1.165, 1.54) is 0 Å². The maximum atomic E-state index is 13.0. The molecule has 0 radical (unpaired) electrons. The zero-order valence-corrected chi connectivity index (χ0v) is 14.2. The number of amides is 1. The van der Waals surface area contributed by atoms with E-state index in [1.807, 2.05) is 36.1 Å². The minimum Gasteiger partial charge on any atom is -0.484 e. The number of carbonyl (C=O) groups excluding carboxylic acids is 1. The number of hydrogen-bond acceptors (Lipinski definition) is 5. The molecule has 0 saturated carbocycles. The van der Waals surface area contributed by atoms with Gasteiger partial charge in [-0.15, -0.1) is 0 Å². The van der Waals surface area contributed by atoms with Crippen molar-refractivity contribution in [3.63, 3.8) is 0 Å². The molecule has 1 amide bonds. The summed E-state index contributed by atoms with van der Waals surface area (Å²) in [6.07, 6.45) is 4.97. The van der Waals surface area contributed by atoms with Crippen molar-refractivity contribution in [1.29, 1.82) is 0 Å². The number of aryl methyl sites for hydroxylation is 1. The fraction of sp³-hybridized carbons (Fsp3) is 0.421. The van der Waals surface area contributed by atoms with Crippen LogP contribution in [0, 0.1) is 6.92 Å². The normalized spacial score (nSPS) is 25.5. The van der Waals surface area contributed by atoms with Crippen molar-refractivity contribution < 1.29 is 14.3 Å². The van der Waals surface area contributed by atoms with Crippen LogP contribution in [-0.4, -0.2) is 52.2 Å². The Labute approximate surface area is 146 Å². The monoisotopic (exact) mass is 339 g/mol. The van der Waals surface area contributed by atoms with Gasteiger partial charge in [-0.05, 0) is 44.0 Å². The van der Waals surface area contributed by atoms with Crippen molar-refractivity contribution in [1.82, 2.24) is 14.9 Å². The average Bonchev–Trinajstić information content (AvgIpc) is 3.01. The Kier molecular flexibility index (Phi) is 4.36. The first-order valence-electron chi connectivity index (χ1n) is 8.65. The van der Waals surface area contributed by atoms with Gasteiger partial charge in [-0.25, -0.2) is 4.98 Å². The maximum Gasteiger partial charge on any atom is 0.272 e. The predicted molar refractivity (Wildman–Crippen MR) is 91.4 cm³/mol. The molecule has 2 aromatic heterocycles. The highest BCUT2D eigenvalue weighted by atomic mass is 16.5. The minimum absolute atomic E-state index is 0.0326. The van der Waals surface area contributed by atoms with Gasteiger partial charge in [-0.3, -0.25) is 9.78 Å². The third-order valence-electron chi connectivity index (χ3n) is 4.77. The van der Waals surface area contributed by atoms with Gasteiger partial charge in [0.05, 0.1) is 18.8 Å². The van der Waals surface area contributed by atoms with Gasteiger partial charge in [0.1, 0.15) is 23.7 Å². The molecule has 6 nitrogen and oxygen atoms in total. The Morgan fingerprint density at radius 1 is 1.32 bits per heavy atom.